The molecule has 1 N–H and O–H groups in total. The van der Waals surface area contributed by atoms with Crippen molar-refractivity contribution in [2.24, 2.45) is 0 Å². The average Bonchev–Trinajstić information content (AvgIpc) is 2.63. The predicted octanol–water partition coefficient (Wildman–Crippen LogP) is 1.51. The normalized spacial score (nSPS) is 15.6. The monoisotopic (exact) mass is 396 g/mol. The Morgan fingerprint density at radius 3 is 2.30 bits per heavy atom. The molecule has 0 aromatic heterocycles. The summed E-state index contributed by atoms with van der Waals surface area (Å²) in [6.07, 6.45) is 4.15. The first-order valence-corrected chi connectivity index (χ1v) is 11.4. The van der Waals surface area contributed by atoms with Crippen LogP contribution in [0.4, 0.5) is 11.4 Å². The molecule has 0 aliphatic carbocycles. The number of carbonyl (C=O) groups is 1. The van der Waals surface area contributed by atoms with Gasteiger partial charge < -0.3 is 15.1 Å². The molecule has 152 valence electrons. The summed E-state index contributed by atoms with van der Waals surface area (Å²) in [5, 5.41) is 2.80. The zero-order valence-electron chi connectivity index (χ0n) is 16.6. The summed E-state index contributed by atoms with van der Waals surface area (Å²) in [6.45, 7) is 6.40. The van der Waals surface area contributed by atoms with Gasteiger partial charge in [-0.25, -0.2) is 8.42 Å². The molecule has 27 heavy (non-hydrogen) atoms. The van der Waals surface area contributed by atoms with Crippen LogP contribution < -0.4 is 14.5 Å². The fourth-order valence-electron chi connectivity index (χ4n) is 3.08. The Morgan fingerprint density at radius 1 is 1.11 bits per heavy atom. The van der Waals surface area contributed by atoms with Gasteiger partial charge in [-0.1, -0.05) is 19.8 Å². The summed E-state index contributed by atoms with van der Waals surface area (Å²) in [4.78, 5) is 16.7. The predicted molar refractivity (Wildman–Crippen MR) is 111 cm³/mol. The second kappa shape index (κ2) is 9.94. The molecule has 8 heteroatoms. The molecule has 1 aliphatic heterocycles. The lowest BCUT2D eigenvalue weighted by molar-refractivity contribution is -0.119. The molecule has 1 aromatic rings. The van der Waals surface area contributed by atoms with Crippen LogP contribution in [0.1, 0.15) is 26.2 Å². The third kappa shape index (κ3) is 6.70. The van der Waals surface area contributed by atoms with Gasteiger partial charge in [-0.3, -0.25) is 9.10 Å². The topological polar surface area (TPSA) is 73.0 Å². The maximum absolute atomic E-state index is 12.2. The van der Waals surface area contributed by atoms with Crippen molar-refractivity contribution in [3.63, 3.8) is 0 Å². The third-order valence-electron chi connectivity index (χ3n) is 4.80. The number of hydrogen-bond donors (Lipinski definition) is 1. The highest BCUT2D eigenvalue weighted by Gasteiger charge is 2.21. The third-order valence-corrected chi connectivity index (χ3v) is 5.94. The minimum absolute atomic E-state index is 0.196. The summed E-state index contributed by atoms with van der Waals surface area (Å²) >= 11 is 0. The first kappa shape index (κ1) is 21.5. The van der Waals surface area contributed by atoms with E-state index in [0.717, 1.165) is 61.7 Å². The lowest BCUT2D eigenvalue weighted by atomic mass is 10.2. The average molecular weight is 397 g/mol. The van der Waals surface area contributed by atoms with E-state index in [-0.39, 0.29) is 12.5 Å². The van der Waals surface area contributed by atoms with Gasteiger partial charge in [0, 0.05) is 38.4 Å². The molecule has 2 rings (SSSR count). The number of amides is 1. The molecule has 7 nitrogen and oxygen atoms in total. The van der Waals surface area contributed by atoms with Crippen LogP contribution in [-0.4, -0.2) is 71.8 Å². The number of likely N-dealkylation sites (N-methyl/N-ethyl adjacent to an activating group) is 1. The number of piperazine rings is 1. The molecule has 0 bridgehead atoms. The summed E-state index contributed by atoms with van der Waals surface area (Å²) < 4.78 is 25.6. The highest BCUT2D eigenvalue weighted by molar-refractivity contribution is 7.92. The lowest BCUT2D eigenvalue weighted by Gasteiger charge is -2.34. The standard InChI is InChI=1S/C19H32N4O3S/c1-4-5-6-11-20-19(24)16-23(27(3,25)26)18-9-7-17(8-10-18)22-14-12-21(2)13-15-22/h7-10H,4-6,11-16H2,1-3H3,(H,20,24). The molecule has 0 unspecified atom stereocenters. The number of anilines is 2. The number of carbonyl (C=O) groups excluding carboxylic acids is 1. The molecule has 0 spiro atoms. The summed E-state index contributed by atoms with van der Waals surface area (Å²) in [7, 11) is -1.43. The van der Waals surface area contributed by atoms with Gasteiger partial charge in [-0.05, 0) is 37.7 Å². The van der Waals surface area contributed by atoms with E-state index in [1.807, 2.05) is 12.1 Å². The van der Waals surface area contributed by atoms with Gasteiger partial charge in [0.1, 0.15) is 6.54 Å². The van der Waals surface area contributed by atoms with Crippen LogP contribution in [0.3, 0.4) is 0 Å². The van der Waals surface area contributed by atoms with Crippen LogP contribution in [-0.2, 0) is 14.8 Å². The Kier molecular flexibility index (Phi) is 7.91. The van der Waals surface area contributed by atoms with Crippen molar-refractivity contribution in [2.75, 3.05) is 61.8 Å². The molecule has 1 saturated heterocycles. The van der Waals surface area contributed by atoms with E-state index in [1.54, 1.807) is 12.1 Å². The SMILES string of the molecule is CCCCCNC(=O)CN(c1ccc(N2CCN(C)CC2)cc1)S(C)(=O)=O. The number of unbranched alkanes of at least 4 members (excludes halogenated alkanes) is 2. The smallest absolute Gasteiger partial charge is 0.240 e. The summed E-state index contributed by atoms with van der Waals surface area (Å²) in [5.41, 5.74) is 1.59. The zero-order chi connectivity index (χ0) is 19.9. The number of sulfonamides is 1. The quantitative estimate of drug-likeness (QED) is 0.641. The Morgan fingerprint density at radius 2 is 1.74 bits per heavy atom. The highest BCUT2D eigenvalue weighted by Crippen LogP contribution is 2.23. The van der Waals surface area contributed by atoms with Crippen molar-refractivity contribution >= 4 is 27.3 Å². The van der Waals surface area contributed by atoms with E-state index in [9.17, 15) is 13.2 Å². The van der Waals surface area contributed by atoms with Crippen molar-refractivity contribution in [3.8, 4) is 0 Å². The van der Waals surface area contributed by atoms with Gasteiger partial charge in [0.15, 0.2) is 0 Å². The Hall–Kier alpha value is -1.80. The number of hydrogen-bond acceptors (Lipinski definition) is 5. The molecule has 1 fully saturated rings. The van der Waals surface area contributed by atoms with Crippen molar-refractivity contribution in [1.29, 1.82) is 0 Å². The molecule has 0 atom stereocenters. The Bertz CT molecular complexity index is 698. The maximum Gasteiger partial charge on any atom is 0.240 e. The zero-order valence-corrected chi connectivity index (χ0v) is 17.5. The van der Waals surface area contributed by atoms with Gasteiger partial charge in [0.05, 0.1) is 11.9 Å². The van der Waals surface area contributed by atoms with E-state index in [0.29, 0.717) is 12.2 Å². The fraction of sp³-hybridized carbons (Fsp3) is 0.632. The van der Waals surface area contributed by atoms with E-state index < -0.39 is 10.0 Å². The van der Waals surface area contributed by atoms with Gasteiger partial charge >= 0.3 is 0 Å². The van der Waals surface area contributed by atoms with Crippen LogP contribution in [0.5, 0.6) is 0 Å². The first-order valence-electron chi connectivity index (χ1n) is 9.59. The van der Waals surface area contributed by atoms with Gasteiger partial charge in [-0.2, -0.15) is 0 Å². The number of benzene rings is 1. The molecule has 1 amide bonds. The highest BCUT2D eigenvalue weighted by atomic mass is 32.2. The van der Waals surface area contributed by atoms with E-state index in [1.165, 1.54) is 0 Å². The van der Waals surface area contributed by atoms with Crippen LogP contribution in [0.2, 0.25) is 0 Å². The largest absolute Gasteiger partial charge is 0.369 e. The number of rotatable bonds is 9. The van der Waals surface area contributed by atoms with Crippen LogP contribution in [0.15, 0.2) is 24.3 Å². The van der Waals surface area contributed by atoms with Crippen molar-refractivity contribution in [3.05, 3.63) is 24.3 Å². The van der Waals surface area contributed by atoms with Crippen molar-refractivity contribution in [2.45, 2.75) is 26.2 Å². The van der Waals surface area contributed by atoms with E-state index >= 15 is 0 Å². The summed E-state index contributed by atoms with van der Waals surface area (Å²) in [5.74, 6) is -0.278. The van der Waals surface area contributed by atoms with Gasteiger partial charge in [0.25, 0.3) is 0 Å². The van der Waals surface area contributed by atoms with Crippen molar-refractivity contribution in [1.82, 2.24) is 10.2 Å². The number of nitrogens with one attached hydrogen (secondary N) is 1. The number of nitrogens with zero attached hydrogens (tertiary/aromatic N) is 3. The van der Waals surface area contributed by atoms with E-state index in [2.05, 4.69) is 29.1 Å². The molecular formula is C19H32N4O3S. The molecule has 0 saturated carbocycles. The molecule has 0 radical (unpaired) electrons. The van der Waals surface area contributed by atoms with Gasteiger partial charge in [-0.15, -0.1) is 0 Å². The summed E-state index contributed by atoms with van der Waals surface area (Å²) in [6, 6.07) is 7.41. The van der Waals surface area contributed by atoms with Crippen molar-refractivity contribution < 1.29 is 13.2 Å². The molecule has 1 aromatic carbocycles. The Balaban J connectivity index is 2.02. The van der Waals surface area contributed by atoms with Crippen LogP contribution in [0, 0.1) is 0 Å². The first-order chi connectivity index (χ1) is 12.8. The lowest BCUT2D eigenvalue weighted by Crippen LogP contribution is -2.44. The second-order valence-corrected chi connectivity index (χ2v) is 9.04. The Labute approximate surface area is 163 Å². The fourth-order valence-corrected chi connectivity index (χ4v) is 3.94. The minimum Gasteiger partial charge on any atom is -0.369 e. The molecule has 1 aliphatic rings. The second-order valence-electron chi connectivity index (χ2n) is 7.13. The van der Waals surface area contributed by atoms with Crippen LogP contribution >= 0.6 is 0 Å². The minimum atomic E-state index is -3.54. The van der Waals surface area contributed by atoms with E-state index in [4.69, 9.17) is 0 Å². The maximum atomic E-state index is 12.2. The van der Waals surface area contributed by atoms with Gasteiger partial charge in [0.2, 0.25) is 15.9 Å². The van der Waals surface area contributed by atoms with Crippen LogP contribution in [0.25, 0.3) is 0 Å². The molecule has 1 heterocycles. The molecular weight excluding hydrogens is 364 g/mol.